The van der Waals surface area contributed by atoms with Crippen molar-refractivity contribution >= 4 is 33.5 Å². The molecule has 0 spiro atoms. The Labute approximate surface area is 119 Å². The number of nitrogens with zero attached hydrogens (tertiary/aromatic N) is 2. The summed E-state index contributed by atoms with van der Waals surface area (Å²) in [5.74, 6) is 0.357. The van der Waals surface area contributed by atoms with Gasteiger partial charge in [-0.2, -0.15) is 0 Å². The molecule has 0 radical (unpaired) electrons. The third-order valence-corrected chi connectivity index (χ3v) is 2.90. The highest BCUT2D eigenvalue weighted by atomic mass is 79.9. The number of nitrogens with two attached hydrogens (primary N) is 1. The maximum atomic E-state index is 12.1. The molecule has 2 aromatic heterocycles. The van der Waals surface area contributed by atoms with Crippen molar-refractivity contribution in [3.05, 3.63) is 45.7 Å². The number of anilines is 2. The number of nitrogens with one attached hydrogen (secondary N) is 1. The summed E-state index contributed by atoms with van der Waals surface area (Å²) < 4.78 is 0.695. The fraction of sp³-hybridized carbons (Fsp3) is 0.154. The van der Waals surface area contributed by atoms with E-state index in [0.29, 0.717) is 15.9 Å². The van der Waals surface area contributed by atoms with Crippen LogP contribution < -0.4 is 11.1 Å². The topological polar surface area (TPSA) is 80.9 Å². The van der Waals surface area contributed by atoms with E-state index in [1.165, 1.54) is 0 Å². The van der Waals surface area contributed by atoms with Crippen LogP contribution in [0.2, 0.25) is 0 Å². The molecule has 0 aliphatic carbocycles. The molecule has 2 rings (SSSR count). The van der Waals surface area contributed by atoms with E-state index in [-0.39, 0.29) is 11.7 Å². The van der Waals surface area contributed by atoms with Crippen LogP contribution in [-0.2, 0) is 0 Å². The highest BCUT2D eigenvalue weighted by Crippen LogP contribution is 2.17. The Bertz CT molecular complexity index is 622. The minimum Gasteiger partial charge on any atom is -0.383 e. The Hall–Kier alpha value is -1.95. The smallest absolute Gasteiger partial charge is 0.260 e. The lowest BCUT2D eigenvalue weighted by molar-refractivity contribution is 0.102. The zero-order chi connectivity index (χ0) is 14.0. The molecule has 0 aliphatic rings. The maximum absolute atomic E-state index is 12.1. The molecule has 0 aromatic carbocycles. The van der Waals surface area contributed by atoms with E-state index < -0.39 is 0 Å². The number of amides is 1. The lowest BCUT2D eigenvalue weighted by atomic mass is 10.2. The zero-order valence-corrected chi connectivity index (χ0v) is 12.2. The fourth-order valence-corrected chi connectivity index (χ4v) is 2.05. The third-order valence-electron chi connectivity index (χ3n) is 2.47. The first-order valence-electron chi connectivity index (χ1n) is 5.63. The lowest BCUT2D eigenvalue weighted by Crippen LogP contribution is -2.16. The second kappa shape index (κ2) is 5.36. The second-order valence-electron chi connectivity index (χ2n) is 4.21. The van der Waals surface area contributed by atoms with Gasteiger partial charge in [-0.1, -0.05) is 0 Å². The Morgan fingerprint density at radius 3 is 2.74 bits per heavy atom. The number of aromatic nitrogens is 2. The summed E-state index contributed by atoms with van der Waals surface area (Å²) in [4.78, 5) is 20.3. The number of carbonyl (C=O) groups is 1. The SMILES string of the molecule is Cc1cc(C)nc(NC(=O)c2cc(Br)cnc2N)c1. The number of aryl methyl sites for hydroxylation is 2. The van der Waals surface area contributed by atoms with Gasteiger partial charge in [0.25, 0.3) is 5.91 Å². The number of halogens is 1. The molecule has 98 valence electrons. The van der Waals surface area contributed by atoms with Crippen LogP contribution >= 0.6 is 15.9 Å². The predicted octanol–water partition coefficient (Wildman–Crippen LogP) is 2.69. The standard InChI is InChI=1S/C13H13BrN4O/c1-7-3-8(2)17-11(4-7)18-13(19)10-5-9(14)6-16-12(10)15/h3-6H,1-2H3,(H2,15,16)(H,17,18,19). The van der Waals surface area contributed by atoms with Gasteiger partial charge < -0.3 is 11.1 Å². The van der Waals surface area contributed by atoms with Crippen molar-refractivity contribution in [1.29, 1.82) is 0 Å². The Balaban J connectivity index is 2.28. The molecule has 0 saturated heterocycles. The zero-order valence-electron chi connectivity index (χ0n) is 10.6. The highest BCUT2D eigenvalue weighted by Gasteiger charge is 2.12. The van der Waals surface area contributed by atoms with E-state index in [1.54, 1.807) is 18.3 Å². The van der Waals surface area contributed by atoms with Crippen molar-refractivity contribution in [2.75, 3.05) is 11.1 Å². The van der Waals surface area contributed by atoms with Crippen LogP contribution in [0.15, 0.2) is 28.9 Å². The van der Waals surface area contributed by atoms with E-state index in [9.17, 15) is 4.79 Å². The van der Waals surface area contributed by atoms with Gasteiger partial charge in [0.2, 0.25) is 0 Å². The lowest BCUT2D eigenvalue weighted by Gasteiger charge is -2.08. The first kappa shape index (κ1) is 13.5. The summed E-state index contributed by atoms with van der Waals surface area (Å²) in [6.07, 6.45) is 1.54. The van der Waals surface area contributed by atoms with Gasteiger partial charge in [0.05, 0.1) is 5.56 Å². The van der Waals surface area contributed by atoms with Crippen LogP contribution in [-0.4, -0.2) is 15.9 Å². The number of hydrogen-bond acceptors (Lipinski definition) is 4. The van der Waals surface area contributed by atoms with E-state index in [1.807, 2.05) is 19.9 Å². The Morgan fingerprint density at radius 2 is 2.05 bits per heavy atom. The molecule has 5 nitrogen and oxygen atoms in total. The van der Waals surface area contributed by atoms with Gasteiger partial charge in [-0.25, -0.2) is 9.97 Å². The van der Waals surface area contributed by atoms with Gasteiger partial charge in [-0.3, -0.25) is 4.79 Å². The molecule has 6 heteroatoms. The largest absolute Gasteiger partial charge is 0.383 e. The summed E-state index contributed by atoms with van der Waals surface area (Å²) in [5, 5.41) is 2.72. The minimum atomic E-state index is -0.330. The van der Waals surface area contributed by atoms with Crippen molar-refractivity contribution < 1.29 is 4.79 Å². The minimum absolute atomic E-state index is 0.185. The average Bonchev–Trinajstić information content (AvgIpc) is 2.30. The third kappa shape index (κ3) is 3.29. The molecule has 1 amide bonds. The molecule has 0 atom stereocenters. The molecule has 2 aromatic rings. The molecule has 0 aliphatic heterocycles. The van der Waals surface area contributed by atoms with Crippen molar-refractivity contribution in [3.8, 4) is 0 Å². The molecule has 0 bridgehead atoms. The summed E-state index contributed by atoms with van der Waals surface area (Å²) in [5.41, 5.74) is 7.88. The normalized spacial score (nSPS) is 10.3. The maximum Gasteiger partial charge on any atom is 0.260 e. The van der Waals surface area contributed by atoms with E-state index in [2.05, 4.69) is 31.2 Å². The number of pyridine rings is 2. The molecule has 0 saturated carbocycles. The molecular weight excluding hydrogens is 308 g/mol. The Kier molecular flexibility index (Phi) is 3.80. The van der Waals surface area contributed by atoms with Gasteiger partial charge in [0, 0.05) is 16.4 Å². The number of carbonyl (C=O) groups excluding carboxylic acids is 1. The second-order valence-corrected chi connectivity index (χ2v) is 5.13. The molecule has 2 heterocycles. The first-order chi connectivity index (χ1) is 8.95. The average molecular weight is 321 g/mol. The summed E-state index contributed by atoms with van der Waals surface area (Å²) in [6, 6.07) is 5.36. The van der Waals surface area contributed by atoms with Crippen LogP contribution in [0.3, 0.4) is 0 Å². The van der Waals surface area contributed by atoms with Crippen molar-refractivity contribution in [3.63, 3.8) is 0 Å². The quantitative estimate of drug-likeness (QED) is 0.891. The van der Waals surface area contributed by atoms with Crippen LogP contribution in [0, 0.1) is 13.8 Å². The first-order valence-corrected chi connectivity index (χ1v) is 6.42. The summed E-state index contributed by atoms with van der Waals surface area (Å²) >= 11 is 3.26. The van der Waals surface area contributed by atoms with Crippen LogP contribution in [0.1, 0.15) is 21.6 Å². The number of rotatable bonds is 2. The monoisotopic (exact) mass is 320 g/mol. The molecule has 3 N–H and O–H groups in total. The van der Waals surface area contributed by atoms with Gasteiger partial charge in [-0.15, -0.1) is 0 Å². The van der Waals surface area contributed by atoms with Gasteiger partial charge >= 0.3 is 0 Å². The van der Waals surface area contributed by atoms with Gasteiger partial charge in [-0.05, 0) is 53.5 Å². The van der Waals surface area contributed by atoms with E-state index >= 15 is 0 Å². The van der Waals surface area contributed by atoms with E-state index in [4.69, 9.17) is 5.73 Å². The Morgan fingerprint density at radius 1 is 1.32 bits per heavy atom. The summed E-state index contributed by atoms with van der Waals surface area (Å²) in [7, 11) is 0. The van der Waals surface area contributed by atoms with Crippen molar-refractivity contribution in [2.45, 2.75) is 13.8 Å². The van der Waals surface area contributed by atoms with E-state index in [0.717, 1.165) is 11.3 Å². The molecule has 0 unspecified atom stereocenters. The van der Waals surface area contributed by atoms with Crippen LogP contribution in [0.4, 0.5) is 11.6 Å². The number of nitrogen functional groups attached to an aromatic ring is 1. The van der Waals surface area contributed by atoms with Gasteiger partial charge in [0.15, 0.2) is 0 Å². The molecule has 0 fully saturated rings. The fourth-order valence-electron chi connectivity index (χ4n) is 1.72. The van der Waals surface area contributed by atoms with Gasteiger partial charge in [0.1, 0.15) is 11.6 Å². The molecular formula is C13H13BrN4O. The highest BCUT2D eigenvalue weighted by molar-refractivity contribution is 9.10. The molecule has 19 heavy (non-hydrogen) atoms. The predicted molar refractivity (Wildman–Crippen MR) is 78.0 cm³/mol. The van der Waals surface area contributed by atoms with Crippen LogP contribution in [0.5, 0.6) is 0 Å². The van der Waals surface area contributed by atoms with Crippen molar-refractivity contribution in [2.24, 2.45) is 0 Å². The summed E-state index contributed by atoms with van der Waals surface area (Å²) in [6.45, 7) is 3.82. The van der Waals surface area contributed by atoms with Crippen LogP contribution in [0.25, 0.3) is 0 Å². The number of hydrogen-bond donors (Lipinski definition) is 2. The van der Waals surface area contributed by atoms with Crippen molar-refractivity contribution in [1.82, 2.24) is 9.97 Å².